The van der Waals surface area contributed by atoms with Gasteiger partial charge < -0.3 is 10.4 Å². The van der Waals surface area contributed by atoms with Gasteiger partial charge in [-0.05, 0) is 18.2 Å². The van der Waals surface area contributed by atoms with E-state index in [0.29, 0.717) is 10.9 Å². The maximum Gasteiger partial charge on any atom is 0.221 e. The number of anilines is 1. The molecule has 0 radical (unpaired) electrons. The number of rotatable bonds is 2. The van der Waals surface area contributed by atoms with Crippen molar-refractivity contribution in [1.29, 1.82) is 0 Å². The number of pyridine rings is 1. The monoisotopic (exact) mass is 346 g/mol. The number of nitrogens with zero attached hydrogens (tertiary/aromatic N) is 1. The molecule has 1 aliphatic rings. The SMILES string of the molecule is CC(=O)Nc1cccc2c1C(=O)[C@H](c1nc3ccccc3cc1O)C2=O. The van der Waals surface area contributed by atoms with Gasteiger partial charge in [-0.2, -0.15) is 0 Å². The molecule has 6 nitrogen and oxygen atoms in total. The molecule has 1 amide bonds. The summed E-state index contributed by atoms with van der Waals surface area (Å²) in [5, 5.41) is 13.7. The van der Waals surface area contributed by atoms with Gasteiger partial charge in [-0.15, -0.1) is 0 Å². The minimum Gasteiger partial charge on any atom is -0.506 e. The van der Waals surface area contributed by atoms with Crippen molar-refractivity contribution in [3.63, 3.8) is 0 Å². The third-order valence-corrected chi connectivity index (χ3v) is 4.42. The molecule has 6 heteroatoms. The van der Waals surface area contributed by atoms with Gasteiger partial charge in [-0.1, -0.05) is 30.3 Å². The molecule has 0 fully saturated rings. The third-order valence-electron chi connectivity index (χ3n) is 4.42. The zero-order chi connectivity index (χ0) is 18.4. The van der Waals surface area contributed by atoms with Crippen molar-refractivity contribution in [2.24, 2.45) is 0 Å². The predicted molar refractivity (Wildman–Crippen MR) is 95.6 cm³/mol. The van der Waals surface area contributed by atoms with Crippen LogP contribution in [0.5, 0.6) is 5.75 Å². The van der Waals surface area contributed by atoms with Gasteiger partial charge in [0, 0.05) is 17.9 Å². The first-order valence-corrected chi connectivity index (χ1v) is 8.05. The Labute approximate surface area is 148 Å². The summed E-state index contributed by atoms with van der Waals surface area (Å²) in [7, 11) is 0. The number of aromatic hydroxyl groups is 1. The smallest absolute Gasteiger partial charge is 0.221 e. The summed E-state index contributed by atoms with van der Waals surface area (Å²) >= 11 is 0. The molecule has 1 heterocycles. The summed E-state index contributed by atoms with van der Waals surface area (Å²) in [4.78, 5) is 41.6. The number of amides is 1. The number of nitrogens with one attached hydrogen (secondary N) is 1. The van der Waals surface area contributed by atoms with Crippen LogP contribution in [0.15, 0.2) is 48.5 Å². The van der Waals surface area contributed by atoms with Crippen molar-refractivity contribution in [1.82, 2.24) is 4.98 Å². The Hall–Kier alpha value is -3.54. The molecule has 2 N–H and O–H groups in total. The molecule has 0 aliphatic heterocycles. The highest BCUT2D eigenvalue weighted by atomic mass is 16.3. The molecule has 1 aliphatic carbocycles. The van der Waals surface area contributed by atoms with Crippen LogP contribution in [0, 0.1) is 0 Å². The van der Waals surface area contributed by atoms with Crippen LogP contribution in [-0.4, -0.2) is 27.6 Å². The zero-order valence-electron chi connectivity index (χ0n) is 13.8. The maximum atomic E-state index is 13.0. The number of aromatic nitrogens is 1. The van der Waals surface area contributed by atoms with Gasteiger partial charge in [0.1, 0.15) is 17.4 Å². The number of carbonyl (C=O) groups excluding carboxylic acids is 3. The molecule has 0 unspecified atom stereocenters. The highest BCUT2D eigenvalue weighted by Crippen LogP contribution is 2.40. The summed E-state index contributed by atoms with van der Waals surface area (Å²) < 4.78 is 0. The second-order valence-electron chi connectivity index (χ2n) is 6.16. The molecule has 0 bridgehead atoms. The minimum atomic E-state index is -1.22. The van der Waals surface area contributed by atoms with E-state index >= 15 is 0 Å². The van der Waals surface area contributed by atoms with Crippen LogP contribution >= 0.6 is 0 Å². The Balaban J connectivity index is 1.87. The van der Waals surface area contributed by atoms with Crippen LogP contribution in [0.25, 0.3) is 10.9 Å². The normalized spacial score (nSPS) is 16.0. The second-order valence-corrected chi connectivity index (χ2v) is 6.16. The van der Waals surface area contributed by atoms with Crippen LogP contribution in [0.3, 0.4) is 0 Å². The number of ketones is 2. The first-order chi connectivity index (χ1) is 12.5. The summed E-state index contributed by atoms with van der Waals surface area (Å²) in [5.41, 5.74) is 1.28. The van der Waals surface area contributed by atoms with Crippen molar-refractivity contribution in [2.45, 2.75) is 12.8 Å². The molecular weight excluding hydrogens is 332 g/mol. The van der Waals surface area contributed by atoms with E-state index in [4.69, 9.17) is 0 Å². The van der Waals surface area contributed by atoms with E-state index in [1.165, 1.54) is 13.0 Å². The number of carbonyl (C=O) groups is 3. The summed E-state index contributed by atoms with van der Waals surface area (Å²) in [5.74, 6) is -2.68. The summed E-state index contributed by atoms with van der Waals surface area (Å²) in [6, 6.07) is 13.3. The number of hydrogen-bond acceptors (Lipinski definition) is 5. The molecule has 1 atom stereocenters. The van der Waals surface area contributed by atoms with Crippen molar-refractivity contribution in [3.05, 3.63) is 65.4 Å². The average molecular weight is 346 g/mol. The second kappa shape index (κ2) is 5.77. The highest BCUT2D eigenvalue weighted by Gasteiger charge is 2.43. The number of benzene rings is 2. The number of hydrogen-bond donors (Lipinski definition) is 2. The van der Waals surface area contributed by atoms with Gasteiger partial charge in [0.15, 0.2) is 11.6 Å². The van der Waals surface area contributed by atoms with Crippen molar-refractivity contribution in [3.8, 4) is 5.75 Å². The van der Waals surface area contributed by atoms with Gasteiger partial charge in [0.2, 0.25) is 5.91 Å². The lowest BCUT2D eigenvalue weighted by Crippen LogP contribution is -2.15. The van der Waals surface area contributed by atoms with E-state index in [1.807, 2.05) is 6.07 Å². The lowest BCUT2D eigenvalue weighted by molar-refractivity contribution is -0.114. The lowest BCUT2D eigenvalue weighted by Gasteiger charge is -2.10. The third kappa shape index (κ3) is 2.35. The van der Waals surface area contributed by atoms with Gasteiger partial charge in [0.25, 0.3) is 0 Å². The van der Waals surface area contributed by atoms with E-state index in [-0.39, 0.29) is 34.2 Å². The average Bonchev–Trinajstić information content (AvgIpc) is 2.86. The van der Waals surface area contributed by atoms with Gasteiger partial charge >= 0.3 is 0 Å². The van der Waals surface area contributed by atoms with Crippen molar-refractivity contribution < 1.29 is 19.5 Å². The fraction of sp³-hybridized carbons (Fsp3) is 0.100. The Bertz CT molecular complexity index is 1100. The molecular formula is C20H14N2O4. The van der Waals surface area contributed by atoms with E-state index in [9.17, 15) is 19.5 Å². The van der Waals surface area contributed by atoms with Gasteiger partial charge in [-0.3, -0.25) is 14.4 Å². The number of para-hydroxylation sites is 1. The van der Waals surface area contributed by atoms with E-state index in [2.05, 4.69) is 10.3 Å². The molecule has 3 aromatic rings. The maximum absolute atomic E-state index is 13.0. The first-order valence-electron chi connectivity index (χ1n) is 8.05. The zero-order valence-corrected chi connectivity index (χ0v) is 13.8. The van der Waals surface area contributed by atoms with Crippen LogP contribution in [0.1, 0.15) is 39.3 Å². The molecule has 128 valence electrons. The van der Waals surface area contributed by atoms with E-state index in [1.54, 1.807) is 36.4 Å². The molecule has 4 rings (SSSR count). The Morgan fingerprint density at radius 2 is 1.85 bits per heavy atom. The summed E-state index contributed by atoms with van der Waals surface area (Å²) in [6.07, 6.45) is 0. The fourth-order valence-corrected chi connectivity index (χ4v) is 3.32. The van der Waals surface area contributed by atoms with Crippen LogP contribution < -0.4 is 5.32 Å². The minimum absolute atomic E-state index is 0.0312. The Morgan fingerprint density at radius 1 is 1.08 bits per heavy atom. The van der Waals surface area contributed by atoms with E-state index < -0.39 is 17.5 Å². The lowest BCUT2D eigenvalue weighted by atomic mass is 9.97. The van der Waals surface area contributed by atoms with Gasteiger partial charge in [0.05, 0.1) is 16.8 Å². The number of Topliss-reactive ketones (excluding diaryl/α,β-unsaturated/α-hetero) is 2. The largest absolute Gasteiger partial charge is 0.506 e. The fourth-order valence-electron chi connectivity index (χ4n) is 3.32. The number of fused-ring (bicyclic) bond motifs is 2. The van der Waals surface area contributed by atoms with Crippen molar-refractivity contribution >= 4 is 34.1 Å². The molecule has 1 aromatic heterocycles. The molecule has 0 saturated carbocycles. The van der Waals surface area contributed by atoms with Crippen molar-refractivity contribution in [2.75, 3.05) is 5.32 Å². The quantitative estimate of drug-likeness (QED) is 0.695. The molecule has 2 aromatic carbocycles. The molecule has 26 heavy (non-hydrogen) atoms. The standard InChI is InChI=1S/C20H14N2O4/c1-10(23)21-14-8-4-6-12-16(14)20(26)17(19(12)25)18-15(24)9-11-5-2-3-7-13(11)22-18/h2-9,17,24H,1H3,(H,21,23)/t17-/m1/s1. The van der Waals surface area contributed by atoms with E-state index in [0.717, 1.165) is 0 Å². The predicted octanol–water partition coefficient (Wildman–Crippen LogP) is 3.06. The van der Waals surface area contributed by atoms with Crippen LogP contribution in [0.4, 0.5) is 5.69 Å². The molecule has 0 spiro atoms. The topological polar surface area (TPSA) is 96.4 Å². The Kier molecular flexibility index (Phi) is 3.54. The summed E-state index contributed by atoms with van der Waals surface area (Å²) in [6.45, 7) is 1.33. The van der Waals surface area contributed by atoms with Gasteiger partial charge in [-0.25, -0.2) is 4.98 Å². The first kappa shape index (κ1) is 16.0. The molecule has 0 saturated heterocycles. The van der Waals surface area contributed by atoms with Crippen LogP contribution in [0.2, 0.25) is 0 Å². The highest BCUT2D eigenvalue weighted by molar-refractivity contribution is 6.32. The van der Waals surface area contributed by atoms with Crippen LogP contribution in [-0.2, 0) is 4.79 Å². The Morgan fingerprint density at radius 3 is 2.62 bits per heavy atom.